The van der Waals surface area contributed by atoms with Crippen LogP contribution in [0, 0.1) is 0 Å². The van der Waals surface area contributed by atoms with Crippen LogP contribution >= 0.6 is 0 Å². The molecule has 2 aliphatic heterocycles. The van der Waals surface area contributed by atoms with Gasteiger partial charge in [-0.3, -0.25) is 9.80 Å². The van der Waals surface area contributed by atoms with Gasteiger partial charge in [0.2, 0.25) is 0 Å². The van der Waals surface area contributed by atoms with Gasteiger partial charge in [-0.2, -0.15) is 0 Å². The monoisotopic (exact) mass is 299 g/mol. The lowest BCUT2D eigenvalue weighted by Gasteiger charge is -2.40. The van der Waals surface area contributed by atoms with Crippen LogP contribution in [0.2, 0.25) is 0 Å². The molecule has 0 aromatic rings. The normalized spacial score (nSPS) is 25.9. The highest BCUT2D eigenvalue weighted by Gasteiger charge is 2.28. The van der Waals surface area contributed by atoms with Crippen molar-refractivity contribution in [2.75, 3.05) is 59.5 Å². The zero-order valence-corrected chi connectivity index (χ0v) is 13.8. The van der Waals surface area contributed by atoms with Crippen LogP contribution in [0.3, 0.4) is 0 Å². The van der Waals surface area contributed by atoms with Crippen molar-refractivity contribution in [2.24, 2.45) is 0 Å². The van der Waals surface area contributed by atoms with Crippen LogP contribution < -0.4 is 0 Å². The minimum atomic E-state index is -0.420. The Bertz CT molecular complexity index is 349. The van der Waals surface area contributed by atoms with Gasteiger partial charge in [-0.05, 0) is 27.8 Å². The van der Waals surface area contributed by atoms with Crippen molar-refractivity contribution in [3.8, 4) is 0 Å². The quantitative estimate of drug-likeness (QED) is 0.757. The third-order valence-electron chi connectivity index (χ3n) is 4.01. The van der Waals surface area contributed by atoms with E-state index < -0.39 is 5.60 Å². The Morgan fingerprint density at radius 3 is 2.43 bits per heavy atom. The Kier molecular flexibility index (Phi) is 5.46. The molecule has 2 heterocycles. The summed E-state index contributed by atoms with van der Waals surface area (Å²) in [7, 11) is 2.16. The van der Waals surface area contributed by atoms with E-state index in [9.17, 15) is 4.79 Å². The summed E-state index contributed by atoms with van der Waals surface area (Å²) >= 11 is 0. The molecule has 0 aromatic heterocycles. The SMILES string of the molecule is CN1CCOCC1CN1CCN(C(=O)OC(C)(C)C)CC1. The molecule has 6 nitrogen and oxygen atoms in total. The second kappa shape index (κ2) is 6.94. The summed E-state index contributed by atoms with van der Waals surface area (Å²) in [5, 5.41) is 0. The van der Waals surface area contributed by atoms with Gasteiger partial charge < -0.3 is 14.4 Å². The molecule has 0 saturated carbocycles. The molecule has 1 atom stereocenters. The predicted octanol–water partition coefficient (Wildman–Crippen LogP) is 0.870. The van der Waals surface area contributed by atoms with Crippen molar-refractivity contribution >= 4 is 6.09 Å². The second-order valence-electron chi connectivity index (χ2n) is 6.98. The van der Waals surface area contributed by atoms with Gasteiger partial charge in [0.05, 0.1) is 13.2 Å². The first-order valence-corrected chi connectivity index (χ1v) is 7.83. The minimum Gasteiger partial charge on any atom is -0.444 e. The molecule has 0 spiro atoms. The van der Waals surface area contributed by atoms with Gasteiger partial charge in [-0.25, -0.2) is 4.79 Å². The zero-order valence-electron chi connectivity index (χ0n) is 13.8. The number of piperazine rings is 1. The molecule has 0 radical (unpaired) electrons. The van der Waals surface area contributed by atoms with Crippen molar-refractivity contribution in [3.05, 3.63) is 0 Å². The first kappa shape index (κ1) is 16.5. The molecule has 0 bridgehead atoms. The van der Waals surface area contributed by atoms with E-state index in [1.54, 1.807) is 0 Å². The van der Waals surface area contributed by atoms with Gasteiger partial charge in [0.1, 0.15) is 5.60 Å². The summed E-state index contributed by atoms with van der Waals surface area (Å²) in [4.78, 5) is 18.6. The number of ether oxygens (including phenoxy) is 2. The highest BCUT2D eigenvalue weighted by atomic mass is 16.6. The van der Waals surface area contributed by atoms with Gasteiger partial charge >= 0.3 is 6.09 Å². The lowest BCUT2D eigenvalue weighted by molar-refractivity contribution is -0.0170. The maximum atomic E-state index is 12.0. The van der Waals surface area contributed by atoms with Crippen LogP contribution in [0.5, 0.6) is 0 Å². The molecule has 1 amide bonds. The number of carbonyl (C=O) groups is 1. The number of carbonyl (C=O) groups excluding carboxylic acids is 1. The van der Waals surface area contributed by atoms with Crippen molar-refractivity contribution in [3.63, 3.8) is 0 Å². The molecular weight excluding hydrogens is 270 g/mol. The van der Waals surface area contributed by atoms with Crippen LogP contribution in [0.25, 0.3) is 0 Å². The van der Waals surface area contributed by atoms with E-state index in [2.05, 4.69) is 16.8 Å². The van der Waals surface area contributed by atoms with Gasteiger partial charge in [-0.15, -0.1) is 0 Å². The van der Waals surface area contributed by atoms with Crippen LogP contribution in [0.4, 0.5) is 4.79 Å². The molecule has 2 fully saturated rings. The van der Waals surface area contributed by atoms with Crippen LogP contribution in [-0.2, 0) is 9.47 Å². The van der Waals surface area contributed by atoms with Crippen molar-refractivity contribution in [2.45, 2.75) is 32.4 Å². The Morgan fingerprint density at radius 2 is 1.86 bits per heavy atom. The van der Waals surface area contributed by atoms with Crippen LogP contribution in [-0.4, -0.2) is 92.0 Å². The molecule has 2 rings (SSSR count). The topological polar surface area (TPSA) is 45.2 Å². The van der Waals surface area contributed by atoms with Gasteiger partial charge in [0.25, 0.3) is 0 Å². The molecule has 122 valence electrons. The van der Waals surface area contributed by atoms with Gasteiger partial charge in [0.15, 0.2) is 0 Å². The lowest BCUT2D eigenvalue weighted by atomic mass is 10.2. The molecule has 21 heavy (non-hydrogen) atoms. The summed E-state index contributed by atoms with van der Waals surface area (Å²) in [6, 6.07) is 0.465. The average molecular weight is 299 g/mol. The van der Waals surface area contributed by atoms with E-state index >= 15 is 0 Å². The van der Waals surface area contributed by atoms with Gasteiger partial charge in [-0.1, -0.05) is 0 Å². The van der Waals surface area contributed by atoms with E-state index in [0.717, 1.165) is 52.5 Å². The molecule has 0 N–H and O–H groups in total. The maximum Gasteiger partial charge on any atom is 0.410 e. The fourth-order valence-electron chi connectivity index (χ4n) is 2.67. The van der Waals surface area contributed by atoms with Crippen molar-refractivity contribution < 1.29 is 14.3 Å². The number of amides is 1. The lowest BCUT2D eigenvalue weighted by Crippen LogP contribution is -2.55. The Morgan fingerprint density at radius 1 is 1.19 bits per heavy atom. The van der Waals surface area contributed by atoms with E-state index in [0.29, 0.717) is 6.04 Å². The Balaban J connectivity index is 1.74. The first-order chi connectivity index (χ1) is 9.85. The third kappa shape index (κ3) is 5.13. The molecule has 0 aliphatic carbocycles. The fraction of sp³-hybridized carbons (Fsp3) is 0.933. The predicted molar refractivity (Wildman–Crippen MR) is 81.5 cm³/mol. The third-order valence-corrected chi connectivity index (χ3v) is 4.01. The van der Waals surface area contributed by atoms with Crippen LogP contribution in [0.15, 0.2) is 0 Å². The highest BCUT2D eigenvalue weighted by Crippen LogP contribution is 2.13. The number of nitrogens with zero attached hydrogens (tertiary/aromatic N) is 3. The fourth-order valence-corrected chi connectivity index (χ4v) is 2.67. The summed E-state index contributed by atoms with van der Waals surface area (Å²) in [5.74, 6) is 0. The molecule has 1 unspecified atom stereocenters. The van der Waals surface area contributed by atoms with Crippen molar-refractivity contribution in [1.29, 1.82) is 0 Å². The molecule has 2 aliphatic rings. The summed E-state index contributed by atoms with van der Waals surface area (Å²) in [5.41, 5.74) is -0.420. The number of morpholine rings is 1. The van der Waals surface area contributed by atoms with E-state index in [4.69, 9.17) is 9.47 Å². The smallest absolute Gasteiger partial charge is 0.410 e. The number of rotatable bonds is 2. The van der Waals surface area contributed by atoms with E-state index in [-0.39, 0.29) is 6.09 Å². The Hall–Kier alpha value is -0.850. The molecular formula is C15H29N3O3. The number of hydrogen-bond acceptors (Lipinski definition) is 5. The standard InChI is InChI=1S/C15H29N3O3/c1-15(2,3)21-14(19)18-7-5-17(6-8-18)11-13-12-20-10-9-16(13)4/h13H,5-12H2,1-4H3. The molecule has 2 saturated heterocycles. The maximum absolute atomic E-state index is 12.0. The van der Waals surface area contributed by atoms with Crippen molar-refractivity contribution in [1.82, 2.24) is 14.7 Å². The molecule has 6 heteroatoms. The van der Waals surface area contributed by atoms with E-state index in [1.165, 1.54) is 0 Å². The summed E-state index contributed by atoms with van der Waals surface area (Å²) < 4.78 is 11.0. The minimum absolute atomic E-state index is 0.194. The molecule has 0 aromatic carbocycles. The second-order valence-corrected chi connectivity index (χ2v) is 6.98. The number of likely N-dealkylation sites (N-methyl/N-ethyl adjacent to an activating group) is 1. The van der Waals surface area contributed by atoms with Gasteiger partial charge in [0, 0.05) is 45.3 Å². The number of hydrogen-bond donors (Lipinski definition) is 0. The summed E-state index contributed by atoms with van der Waals surface area (Å²) in [6.07, 6.45) is -0.194. The Labute approximate surface area is 128 Å². The zero-order chi connectivity index (χ0) is 15.5. The highest BCUT2D eigenvalue weighted by molar-refractivity contribution is 5.68. The van der Waals surface area contributed by atoms with Crippen LogP contribution in [0.1, 0.15) is 20.8 Å². The average Bonchev–Trinajstić information content (AvgIpc) is 2.40. The van der Waals surface area contributed by atoms with E-state index in [1.807, 2.05) is 25.7 Å². The first-order valence-electron chi connectivity index (χ1n) is 7.83. The largest absolute Gasteiger partial charge is 0.444 e. The summed E-state index contributed by atoms with van der Waals surface area (Å²) in [6.45, 7) is 12.7.